The molecule has 0 fully saturated rings. The molecule has 1 aliphatic carbocycles. The third-order valence-electron chi connectivity index (χ3n) is 2.71. The van der Waals surface area contributed by atoms with E-state index in [1.54, 1.807) is 6.20 Å². The van der Waals surface area contributed by atoms with Gasteiger partial charge in [-0.1, -0.05) is 0 Å². The van der Waals surface area contributed by atoms with Gasteiger partial charge in [-0.2, -0.15) is 0 Å². The molecule has 0 bridgehead atoms. The Morgan fingerprint density at radius 1 is 1.29 bits per heavy atom. The maximum atomic E-state index is 11.7. The number of pyridine rings is 1. The summed E-state index contributed by atoms with van der Waals surface area (Å²) in [5.41, 5.74) is 1.78. The quantitative estimate of drug-likeness (QED) is 0.810. The second-order valence-corrected chi connectivity index (χ2v) is 5.85. The summed E-state index contributed by atoms with van der Waals surface area (Å²) in [6, 6.07) is 3.85. The van der Waals surface area contributed by atoms with E-state index in [0.29, 0.717) is 6.42 Å². The second-order valence-electron chi connectivity index (χ2n) is 3.93. The molecule has 0 unspecified atom stereocenters. The van der Waals surface area contributed by atoms with E-state index in [1.165, 1.54) is 11.3 Å². The summed E-state index contributed by atoms with van der Waals surface area (Å²) in [4.78, 5) is 21.4. The topological polar surface area (TPSA) is 42.9 Å². The lowest BCUT2D eigenvalue weighted by Gasteiger charge is -2.06. The molecule has 0 saturated carbocycles. The molecule has 3 nitrogen and oxygen atoms in total. The highest BCUT2D eigenvalue weighted by Crippen LogP contribution is 2.31. The summed E-state index contributed by atoms with van der Waals surface area (Å²) in [6.45, 7) is 0. The second kappa shape index (κ2) is 4.31. The molecule has 0 spiro atoms. The van der Waals surface area contributed by atoms with Crippen molar-refractivity contribution < 1.29 is 4.79 Å². The van der Waals surface area contributed by atoms with Crippen molar-refractivity contribution in [3.05, 3.63) is 33.4 Å². The summed E-state index contributed by atoms with van der Waals surface area (Å²) < 4.78 is 0.943. The lowest BCUT2D eigenvalue weighted by Crippen LogP contribution is -2.07. The Morgan fingerprint density at radius 2 is 2.18 bits per heavy atom. The van der Waals surface area contributed by atoms with Gasteiger partial charge in [0.1, 0.15) is 5.01 Å². The fraction of sp³-hybridized carbons (Fsp3) is 0.250. The smallest absolute Gasteiger partial charge is 0.174 e. The first-order valence-electron chi connectivity index (χ1n) is 5.39. The van der Waals surface area contributed by atoms with Crippen molar-refractivity contribution in [1.82, 2.24) is 9.97 Å². The van der Waals surface area contributed by atoms with Crippen LogP contribution >= 0.6 is 27.3 Å². The van der Waals surface area contributed by atoms with Crippen LogP contribution in [-0.4, -0.2) is 15.8 Å². The van der Waals surface area contributed by atoms with Crippen LogP contribution in [-0.2, 0) is 6.42 Å². The SMILES string of the molecule is O=C1CCCc2nc(-c3ccc(Br)cn3)sc21. The highest BCUT2D eigenvalue weighted by atomic mass is 79.9. The summed E-state index contributed by atoms with van der Waals surface area (Å²) in [6.07, 6.45) is 4.23. The lowest BCUT2D eigenvalue weighted by molar-refractivity contribution is 0.0976. The summed E-state index contributed by atoms with van der Waals surface area (Å²) >= 11 is 4.81. The van der Waals surface area contributed by atoms with E-state index >= 15 is 0 Å². The Bertz CT molecular complexity index is 577. The molecule has 0 saturated heterocycles. The third kappa shape index (κ3) is 2.05. The van der Waals surface area contributed by atoms with Crippen LogP contribution in [0.4, 0.5) is 0 Å². The highest BCUT2D eigenvalue weighted by Gasteiger charge is 2.22. The molecule has 5 heteroatoms. The minimum atomic E-state index is 0.229. The largest absolute Gasteiger partial charge is 0.293 e. The van der Waals surface area contributed by atoms with E-state index in [0.717, 1.165) is 38.6 Å². The van der Waals surface area contributed by atoms with Gasteiger partial charge in [-0.3, -0.25) is 9.78 Å². The number of ketones is 1. The number of hydrogen-bond donors (Lipinski definition) is 0. The van der Waals surface area contributed by atoms with Gasteiger partial charge in [0.25, 0.3) is 0 Å². The number of rotatable bonds is 1. The predicted molar refractivity (Wildman–Crippen MR) is 70.3 cm³/mol. The van der Waals surface area contributed by atoms with Crippen LogP contribution in [0.2, 0.25) is 0 Å². The average Bonchev–Trinajstić information content (AvgIpc) is 2.75. The monoisotopic (exact) mass is 308 g/mol. The first-order chi connectivity index (χ1) is 8.24. The Balaban J connectivity index is 2.05. The van der Waals surface area contributed by atoms with Crippen molar-refractivity contribution in [3.63, 3.8) is 0 Å². The van der Waals surface area contributed by atoms with Crippen molar-refractivity contribution in [2.45, 2.75) is 19.3 Å². The van der Waals surface area contributed by atoms with Gasteiger partial charge in [0, 0.05) is 17.1 Å². The van der Waals surface area contributed by atoms with Gasteiger partial charge in [-0.15, -0.1) is 11.3 Å². The first kappa shape index (κ1) is 11.0. The lowest BCUT2D eigenvalue weighted by atomic mass is 10.0. The van der Waals surface area contributed by atoms with Crippen molar-refractivity contribution in [2.75, 3.05) is 0 Å². The molecule has 2 heterocycles. The van der Waals surface area contributed by atoms with Crippen molar-refractivity contribution >= 4 is 33.0 Å². The minimum absolute atomic E-state index is 0.229. The number of aromatic nitrogens is 2. The van der Waals surface area contributed by atoms with Crippen molar-refractivity contribution in [1.29, 1.82) is 0 Å². The van der Waals surface area contributed by atoms with E-state index in [4.69, 9.17) is 0 Å². The maximum Gasteiger partial charge on any atom is 0.174 e. The Kier molecular flexibility index (Phi) is 2.80. The molecular formula is C12H9BrN2OS. The Labute approximate surface area is 111 Å². The molecule has 0 aromatic carbocycles. The predicted octanol–water partition coefficient (Wildman–Crippen LogP) is 3.49. The highest BCUT2D eigenvalue weighted by molar-refractivity contribution is 9.10. The molecule has 0 amide bonds. The molecule has 0 radical (unpaired) electrons. The molecule has 2 aromatic rings. The maximum absolute atomic E-state index is 11.7. The van der Waals surface area contributed by atoms with Crippen molar-refractivity contribution in [2.24, 2.45) is 0 Å². The molecule has 86 valence electrons. The van der Waals surface area contributed by atoms with E-state index < -0.39 is 0 Å². The van der Waals surface area contributed by atoms with Crippen LogP contribution in [0, 0.1) is 0 Å². The van der Waals surface area contributed by atoms with Crippen LogP contribution in [0.15, 0.2) is 22.8 Å². The molecule has 1 aliphatic rings. The Hall–Kier alpha value is -1.07. The molecular weight excluding hydrogens is 300 g/mol. The number of thiazole rings is 1. The average molecular weight is 309 g/mol. The number of halogens is 1. The molecule has 0 atom stereocenters. The number of Topliss-reactive ketones (excluding diaryl/α,β-unsaturated/α-hetero) is 1. The fourth-order valence-corrected chi connectivity index (χ4v) is 3.17. The van der Waals surface area contributed by atoms with Gasteiger partial charge in [0.15, 0.2) is 5.78 Å². The summed E-state index contributed by atoms with van der Waals surface area (Å²) in [5.74, 6) is 0.229. The zero-order valence-electron chi connectivity index (χ0n) is 8.94. The van der Waals surface area contributed by atoms with Gasteiger partial charge >= 0.3 is 0 Å². The number of nitrogens with zero attached hydrogens (tertiary/aromatic N) is 2. The normalized spacial score (nSPS) is 14.8. The van der Waals surface area contributed by atoms with E-state index in [1.807, 2.05) is 12.1 Å². The van der Waals surface area contributed by atoms with E-state index in [-0.39, 0.29) is 5.78 Å². The van der Waals surface area contributed by atoms with E-state index in [9.17, 15) is 4.79 Å². The summed E-state index contributed by atoms with van der Waals surface area (Å²) in [7, 11) is 0. The third-order valence-corrected chi connectivity index (χ3v) is 4.34. The van der Waals surface area contributed by atoms with Gasteiger partial charge in [0.2, 0.25) is 0 Å². The van der Waals surface area contributed by atoms with Crippen LogP contribution in [0.5, 0.6) is 0 Å². The molecule has 2 aromatic heterocycles. The molecule has 17 heavy (non-hydrogen) atoms. The molecule has 3 rings (SSSR count). The number of fused-ring (bicyclic) bond motifs is 1. The number of aryl methyl sites for hydroxylation is 1. The summed E-state index contributed by atoms with van der Waals surface area (Å²) in [5, 5.41) is 0.845. The zero-order valence-corrected chi connectivity index (χ0v) is 11.3. The first-order valence-corrected chi connectivity index (χ1v) is 7.00. The standard InChI is InChI=1S/C12H9BrN2OS/c13-7-4-5-9(14-6-7)12-15-8-2-1-3-10(16)11(8)17-12/h4-6H,1-3H2. The molecule has 0 aliphatic heterocycles. The van der Waals surface area contributed by atoms with Crippen LogP contribution in [0.25, 0.3) is 10.7 Å². The number of carbonyl (C=O) groups is 1. The van der Waals surface area contributed by atoms with Crippen LogP contribution in [0.3, 0.4) is 0 Å². The minimum Gasteiger partial charge on any atom is -0.293 e. The Morgan fingerprint density at radius 3 is 2.88 bits per heavy atom. The van der Waals surface area contributed by atoms with Gasteiger partial charge in [-0.25, -0.2) is 4.98 Å². The number of hydrogen-bond acceptors (Lipinski definition) is 4. The van der Waals surface area contributed by atoms with Gasteiger partial charge in [0.05, 0.1) is 16.3 Å². The van der Waals surface area contributed by atoms with Gasteiger partial charge < -0.3 is 0 Å². The van der Waals surface area contributed by atoms with Crippen LogP contribution in [0.1, 0.15) is 28.2 Å². The fourth-order valence-electron chi connectivity index (χ4n) is 1.88. The van der Waals surface area contributed by atoms with Crippen molar-refractivity contribution in [3.8, 4) is 10.7 Å². The van der Waals surface area contributed by atoms with Gasteiger partial charge in [-0.05, 0) is 40.9 Å². The molecule has 0 N–H and O–H groups in total. The van der Waals surface area contributed by atoms with E-state index in [2.05, 4.69) is 25.9 Å². The van der Waals surface area contributed by atoms with Crippen LogP contribution < -0.4 is 0 Å². The zero-order chi connectivity index (χ0) is 11.8. The number of carbonyl (C=O) groups excluding carboxylic acids is 1.